The molecule has 1 heterocycles. The predicted octanol–water partition coefficient (Wildman–Crippen LogP) is 3.28. The van der Waals surface area contributed by atoms with Crippen LogP contribution in [-0.2, 0) is 6.42 Å². The Kier molecular flexibility index (Phi) is 6.43. The quantitative estimate of drug-likeness (QED) is 0.779. The van der Waals surface area contributed by atoms with Crippen LogP contribution in [0.15, 0.2) is 36.5 Å². The zero-order valence-corrected chi connectivity index (χ0v) is 14.5. The summed E-state index contributed by atoms with van der Waals surface area (Å²) >= 11 is 11.0. The van der Waals surface area contributed by atoms with Crippen LogP contribution in [-0.4, -0.2) is 30.9 Å². The normalized spacial score (nSPS) is 10.0. The summed E-state index contributed by atoms with van der Waals surface area (Å²) in [6.45, 7) is 0.689. The molecule has 122 valence electrons. The van der Waals surface area contributed by atoms with Gasteiger partial charge in [-0.2, -0.15) is 0 Å². The molecule has 1 aromatic heterocycles. The number of rotatable bonds is 6. The lowest BCUT2D eigenvalue weighted by atomic mass is 10.1. The number of aromatic nitrogens is 1. The van der Waals surface area contributed by atoms with Crippen molar-refractivity contribution in [3.05, 3.63) is 47.1 Å². The van der Waals surface area contributed by atoms with E-state index in [0.717, 1.165) is 23.5 Å². The molecule has 0 aliphatic carbocycles. The Morgan fingerprint density at radius 2 is 1.96 bits per heavy atom. The van der Waals surface area contributed by atoms with Crippen LogP contribution < -0.4 is 20.1 Å². The highest BCUT2D eigenvalue weighted by molar-refractivity contribution is 7.80. The highest BCUT2D eigenvalue weighted by Crippen LogP contribution is 2.27. The Hall–Kier alpha value is -2.05. The fraction of sp³-hybridized carbons (Fsp3) is 0.250. The molecular weight excluding hydrogens is 334 g/mol. The summed E-state index contributed by atoms with van der Waals surface area (Å²) in [7, 11) is 3.24. The monoisotopic (exact) mass is 351 g/mol. The van der Waals surface area contributed by atoms with Crippen LogP contribution in [0.3, 0.4) is 0 Å². The van der Waals surface area contributed by atoms with Crippen molar-refractivity contribution in [3.8, 4) is 11.5 Å². The minimum atomic E-state index is 0.514. The molecule has 0 saturated carbocycles. The first kappa shape index (κ1) is 17.3. The second-order valence-corrected chi connectivity index (χ2v) is 5.53. The summed E-state index contributed by atoms with van der Waals surface area (Å²) in [5.74, 6) is 2.09. The van der Waals surface area contributed by atoms with E-state index in [9.17, 15) is 0 Å². The van der Waals surface area contributed by atoms with E-state index in [1.54, 1.807) is 32.5 Å². The topological polar surface area (TPSA) is 55.4 Å². The first-order valence-corrected chi connectivity index (χ1v) is 7.78. The van der Waals surface area contributed by atoms with E-state index in [0.29, 0.717) is 22.5 Å². The van der Waals surface area contributed by atoms with Crippen molar-refractivity contribution >= 4 is 34.7 Å². The number of ether oxygens (including phenoxy) is 2. The van der Waals surface area contributed by atoms with Gasteiger partial charge in [-0.15, -0.1) is 0 Å². The van der Waals surface area contributed by atoms with Gasteiger partial charge in [0.15, 0.2) is 16.6 Å². The summed E-state index contributed by atoms with van der Waals surface area (Å²) in [6, 6.07) is 9.37. The molecular formula is C16H18ClN3O2S. The van der Waals surface area contributed by atoms with E-state index < -0.39 is 0 Å². The van der Waals surface area contributed by atoms with Gasteiger partial charge in [0.25, 0.3) is 0 Å². The number of halogens is 1. The Balaban J connectivity index is 1.82. The second kappa shape index (κ2) is 8.55. The number of hydrogen-bond acceptors (Lipinski definition) is 4. The molecule has 0 unspecified atom stereocenters. The molecule has 2 rings (SSSR count). The molecule has 0 spiro atoms. The lowest BCUT2D eigenvalue weighted by Gasteiger charge is -2.11. The van der Waals surface area contributed by atoms with Crippen LogP contribution in [0.1, 0.15) is 5.56 Å². The lowest BCUT2D eigenvalue weighted by Crippen LogP contribution is -2.30. The third-order valence-corrected chi connectivity index (χ3v) is 3.59. The van der Waals surface area contributed by atoms with Crippen LogP contribution in [0.2, 0.25) is 5.02 Å². The zero-order chi connectivity index (χ0) is 16.7. The van der Waals surface area contributed by atoms with Crippen LogP contribution in [0.4, 0.5) is 5.82 Å². The Morgan fingerprint density at radius 3 is 2.61 bits per heavy atom. The average Bonchev–Trinajstić information content (AvgIpc) is 2.56. The van der Waals surface area contributed by atoms with Gasteiger partial charge in [-0.1, -0.05) is 17.7 Å². The van der Waals surface area contributed by atoms with Gasteiger partial charge in [-0.3, -0.25) is 0 Å². The number of methoxy groups -OCH3 is 2. The Morgan fingerprint density at radius 1 is 1.17 bits per heavy atom. The zero-order valence-electron chi connectivity index (χ0n) is 12.9. The van der Waals surface area contributed by atoms with Crippen LogP contribution in [0.25, 0.3) is 0 Å². The number of benzene rings is 1. The van der Waals surface area contributed by atoms with Crippen molar-refractivity contribution in [1.29, 1.82) is 0 Å². The maximum Gasteiger partial charge on any atom is 0.171 e. The molecule has 0 aliphatic rings. The van der Waals surface area contributed by atoms with Gasteiger partial charge >= 0.3 is 0 Å². The van der Waals surface area contributed by atoms with Gasteiger partial charge in [0, 0.05) is 12.7 Å². The van der Waals surface area contributed by atoms with E-state index in [2.05, 4.69) is 15.6 Å². The van der Waals surface area contributed by atoms with Crippen molar-refractivity contribution in [2.24, 2.45) is 0 Å². The van der Waals surface area contributed by atoms with Crippen molar-refractivity contribution < 1.29 is 9.47 Å². The molecule has 0 fully saturated rings. The maximum absolute atomic E-state index is 5.79. The van der Waals surface area contributed by atoms with Gasteiger partial charge in [0.05, 0.1) is 19.2 Å². The highest BCUT2D eigenvalue weighted by Gasteiger charge is 2.05. The van der Waals surface area contributed by atoms with E-state index in [1.165, 1.54) is 0 Å². The fourth-order valence-electron chi connectivity index (χ4n) is 1.97. The van der Waals surface area contributed by atoms with E-state index in [4.69, 9.17) is 33.3 Å². The van der Waals surface area contributed by atoms with E-state index in [1.807, 2.05) is 18.2 Å². The first-order valence-electron chi connectivity index (χ1n) is 6.99. The van der Waals surface area contributed by atoms with Crippen LogP contribution in [0, 0.1) is 0 Å². The van der Waals surface area contributed by atoms with Crippen molar-refractivity contribution in [3.63, 3.8) is 0 Å². The average molecular weight is 352 g/mol. The SMILES string of the molecule is COc1ccc(CCNC(=S)Nc2ccc(Cl)cn2)cc1OC. The maximum atomic E-state index is 5.79. The van der Waals surface area contributed by atoms with Crippen molar-refractivity contribution in [2.75, 3.05) is 26.1 Å². The minimum Gasteiger partial charge on any atom is -0.493 e. The number of anilines is 1. The third-order valence-electron chi connectivity index (χ3n) is 3.12. The predicted molar refractivity (Wildman–Crippen MR) is 96.7 cm³/mol. The largest absolute Gasteiger partial charge is 0.493 e. The molecule has 0 aliphatic heterocycles. The standard InChI is InChI=1S/C16H18ClN3O2S/c1-21-13-5-3-11(9-14(13)22-2)7-8-18-16(23)20-15-6-4-12(17)10-19-15/h3-6,9-10H,7-8H2,1-2H3,(H2,18,19,20,23). The number of nitrogens with one attached hydrogen (secondary N) is 2. The Bertz CT molecular complexity index is 665. The number of nitrogens with zero attached hydrogens (tertiary/aromatic N) is 1. The van der Waals surface area contributed by atoms with Crippen LogP contribution in [0.5, 0.6) is 11.5 Å². The molecule has 0 radical (unpaired) electrons. The van der Waals surface area contributed by atoms with Crippen molar-refractivity contribution in [2.45, 2.75) is 6.42 Å². The van der Waals surface area contributed by atoms with Gasteiger partial charge in [-0.05, 0) is 48.5 Å². The molecule has 1 aromatic carbocycles. The van der Waals surface area contributed by atoms with Gasteiger partial charge in [0.2, 0.25) is 0 Å². The van der Waals surface area contributed by atoms with Crippen LogP contribution >= 0.6 is 23.8 Å². The molecule has 0 saturated heterocycles. The number of pyridine rings is 1. The molecule has 23 heavy (non-hydrogen) atoms. The van der Waals surface area contributed by atoms with Gasteiger partial charge in [-0.25, -0.2) is 4.98 Å². The third kappa shape index (κ3) is 5.26. The molecule has 2 N–H and O–H groups in total. The van der Waals surface area contributed by atoms with Crippen molar-refractivity contribution in [1.82, 2.24) is 10.3 Å². The number of thiocarbonyl (C=S) groups is 1. The summed E-state index contributed by atoms with van der Waals surface area (Å²) in [5.41, 5.74) is 1.13. The minimum absolute atomic E-state index is 0.514. The molecule has 2 aromatic rings. The summed E-state index contributed by atoms with van der Waals surface area (Å²) in [4.78, 5) is 4.13. The molecule has 0 bridgehead atoms. The smallest absolute Gasteiger partial charge is 0.171 e. The summed E-state index contributed by atoms with van der Waals surface area (Å²) in [5, 5.41) is 7.24. The number of hydrogen-bond donors (Lipinski definition) is 2. The fourth-order valence-corrected chi connectivity index (χ4v) is 2.29. The lowest BCUT2D eigenvalue weighted by molar-refractivity contribution is 0.354. The van der Waals surface area contributed by atoms with Gasteiger partial charge < -0.3 is 20.1 Å². The molecule has 5 nitrogen and oxygen atoms in total. The molecule has 0 atom stereocenters. The molecule has 7 heteroatoms. The highest BCUT2D eigenvalue weighted by atomic mass is 35.5. The van der Waals surface area contributed by atoms with E-state index >= 15 is 0 Å². The molecule has 0 amide bonds. The van der Waals surface area contributed by atoms with Gasteiger partial charge in [0.1, 0.15) is 5.82 Å². The summed E-state index contributed by atoms with van der Waals surface area (Å²) < 4.78 is 10.5. The Labute approximate surface area is 146 Å². The second-order valence-electron chi connectivity index (χ2n) is 4.68. The summed E-state index contributed by atoms with van der Waals surface area (Å²) in [6.07, 6.45) is 2.37. The van der Waals surface area contributed by atoms with E-state index in [-0.39, 0.29) is 0 Å². The first-order chi connectivity index (χ1) is 11.1.